The molecule has 2 saturated carbocycles. The van der Waals surface area contributed by atoms with E-state index in [9.17, 15) is 0 Å². The molecular weight excluding hydrogens is 208 g/mol. The van der Waals surface area contributed by atoms with Crippen LogP contribution >= 0.6 is 0 Å². The Balaban J connectivity index is 2.05. The highest BCUT2D eigenvalue weighted by Gasteiger charge is 2.41. The van der Waals surface area contributed by atoms with Crippen LogP contribution in [0.15, 0.2) is 0 Å². The Kier molecular flexibility index (Phi) is 3.84. The van der Waals surface area contributed by atoms with Crippen LogP contribution in [0.4, 0.5) is 0 Å². The summed E-state index contributed by atoms with van der Waals surface area (Å²) in [6.07, 6.45) is 6.59. The van der Waals surface area contributed by atoms with Crippen molar-refractivity contribution in [1.29, 1.82) is 0 Å². The Morgan fingerprint density at radius 3 is 2.41 bits per heavy atom. The second-order valence-electron chi connectivity index (χ2n) is 7.46. The molecule has 0 radical (unpaired) electrons. The molecule has 2 rings (SSSR count). The van der Waals surface area contributed by atoms with Gasteiger partial charge in [0.2, 0.25) is 0 Å². The molecular formula is C15H30N2. The van der Waals surface area contributed by atoms with Crippen molar-refractivity contribution in [2.75, 3.05) is 6.54 Å². The quantitative estimate of drug-likeness (QED) is 0.816. The van der Waals surface area contributed by atoms with Gasteiger partial charge in [0.1, 0.15) is 0 Å². The molecule has 0 heterocycles. The van der Waals surface area contributed by atoms with Gasteiger partial charge in [-0.3, -0.25) is 4.90 Å². The van der Waals surface area contributed by atoms with E-state index >= 15 is 0 Å². The van der Waals surface area contributed by atoms with Crippen LogP contribution in [0.2, 0.25) is 0 Å². The van der Waals surface area contributed by atoms with Crippen LogP contribution in [-0.4, -0.2) is 29.6 Å². The lowest BCUT2D eigenvalue weighted by molar-refractivity contribution is 0.0634. The van der Waals surface area contributed by atoms with Crippen molar-refractivity contribution in [1.82, 2.24) is 4.90 Å². The van der Waals surface area contributed by atoms with E-state index in [0.717, 1.165) is 12.0 Å². The van der Waals surface area contributed by atoms with E-state index in [0.29, 0.717) is 17.5 Å². The summed E-state index contributed by atoms with van der Waals surface area (Å²) in [6, 6.07) is 1.89. The third kappa shape index (κ3) is 3.45. The molecule has 0 saturated heterocycles. The lowest BCUT2D eigenvalue weighted by atomic mass is 9.72. The van der Waals surface area contributed by atoms with Crippen molar-refractivity contribution in [3.05, 3.63) is 0 Å². The number of nitrogens with zero attached hydrogens (tertiary/aromatic N) is 1. The normalized spacial score (nSPS) is 33.4. The fourth-order valence-corrected chi connectivity index (χ4v) is 3.32. The molecule has 0 aromatic carbocycles. The highest BCUT2D eigenvalue weighted by molar-refractivity contribution is 4.98. The van der Waals surface area contributed by atoms with Gasteiger partial charge >= 0.3 is 0 Å². The second kappa shape index (κ2) is 4.89. The van der Waals surface area contributed by atoms with Crippen molar-refractivity contribution in [3.8, 4) is 0 Å². The molecule has 0 bridgehead atoms. The molecule has 2 atom stereocenters. The van der Waals surface area contributed by atoms with Gasteiger partial charge in [-0.25, -0.2) is 0 Å². The largest absolute Gasteiger partial charge is 0.326 e. The molecule has 2 heteroatoms. The first-order valence-electron chi connectivity index (χ1n) is 7.40. The topological polar surface area (TPSA) is 29.3 Å². The summed E-state index contributed by atoms with van der Waals surface area (Å²) in [4.78, 5) is 2.75. The molecule has 0 aromatic heterocycles. The van der Waals surface area contributed by atoms with Crippen LogP contribution in [0.3, 0.4) is 0 Å². The zero-order valence-corrected chi connectivity index (χ0v) is 12.1. The molecule has 0 aliphatic heterocycles. The van der Waals surface area contributed by atoms with Gasteiger partial charge in [0.25, 0.3) is 0 Å². The van der Waals surface area contributed by atoms with E-state index in [1.165, 1.54) is 38.6 Å². The molecule has 0 amide bonds. The SMILES string of the molecule is CC(C)CN(C1CC1)C1CC(C)(C)CCC1N. The van der Waals surface area contributed by atoms with Gasteiger partial charge in [0.15, 0.2) is 0 Å². The molecule has 2 aliphatic carbocycles. The maximum Gasteiger partial charge on any atom is 0.0255 e. The van der Waals surface area contributed by atoms with E-state index in [1.807, 2.05) is 0 Å². The maximum atomic E-state index is 6.40. The van der Waals surface area contributed by atoms with Crippen LogP contribution in [0.1, 0.15) is 59.8 Å². The summed E-state index contributed by atoms with van der Waals surface area (Å²) in [7, 11) is 0. The van der Waals surface area contributed by atoms with Crippen LogP contribution < -0.4 is 5.73 Å². The van der Waals surface area contributed by atoms with Crippen molar-refractivity contribution < 1.29 is 0 Å². The van der Waals surface area contributed by atoms with E-state index in [2.05, 4.69) is 32.6 Å². The smallest absolute Gasteiger partial charge is 0.0255 e. The molecule has 2 N–H and O–H groups in total. The summed E-state index contributed by atoms with van der Waals surface area (Å²) < 4.78 is 0. The summed E-state index contributed by atoms with van der Waals surface area (Å²) in [5.41, 5.74) is 6.89. The Morgan fingerprint density at radius 2 is 1.88 bits per heavy atom. The molecule has 17 heavy (non-hydrogen) atoms. The predicted octanol–water partition coefficient (Wildman–Crippen LogP) is 3.01. The maximum absolute atomic E-state index is 6.40. The van der Waals surface area contributed by atoms with Crippen molar-refractivity contribution >= 4 is 0 Å². The van der Waals surface area contributed by atoms with Gasteiger partial charge in [-0.2, -0.15) is 0 Å². The zero-order valence-electron chi connectivity index (χ0n) is 12.1. The summed E-state index contributed by atoms with van der Waals surface area (Å²) in [5.74, 6) is 0.757. The summed E-state index contributed by atoms with van der Waals surface area (Å²) in [5, 5.41) is 0. The monoisotopic (exact) mass is 238 g/mol. The Morgan fingerprint density at radius 1 is 1.24 bits per heavy atom. The fraction of sp³-hybridized carbons (Fsp3) is 1.00. The average Bonchev–Trinajstić information content (AvgIpc) is 3.02. The average molecular weight is 238 g/mol. The van der Waals surface area contributed by atoms with Gasteiger partial charge in [0, 0.05) is 24.7 Å². The molecule has 2 aliphatic rings. The molecule has 2 nitrogen and oxygen atoms in total. The third-order valence-corrected chi connectivity index (χ3v) is 4.43. The highest BCUT2D eigenvalue weighted by Crippen LogP contribution is 2.40. The molecule has 2 fully saturated rings. The van der Waals surface area contributed by atoms with Gasteiger partial charge in [-0.1, -0.05) is 27.7 Å². The minimum absolute atomic E-state index is 0.405. The van der Waals surface area contributed by atoms with Gasteiger partial charge in [0.05, 0.1) is 0 Å². The number of rotatable bonds is 4. The molecule has 2 unspecified atom stereocenters. The summed E-state index contributed by atoms with van der Waals surface area (Å²) in [6.45, 7) is 10.7. The van der Waals surface area contributed by atoms with Crippen LogP contribution in [0, 0.1) is 11.3 Å². The summed E-state index contributed by atoms with van der Waals surface area (Å²) >= 11 is 0. The highest BCUT2D eigenvalue weighted by atomic mass is 15.2. The lowest BCUT2D eigenvalue weighted by Gasteiger charge is -2.45. The van der Waals surface area contributed by atoms with E-state index in [1.54, 1.807) is 0 Å². The minimum atomic E-state index is 0.405. The van der Waals surface area contributed by atoms with Gasteiger partial charge < -0.3 is 5.73 Å². The number of nitrogens with two attached hydrogens (primary N) is 1. The Labute approximate surface area is 107 Å². The van der Waals surface area contributed by atoms with Crippen molar-refractivity contribution in [3.63, 3.8) is 0 Å². The fourth-order valence-electron chi connectivity index (χ4n) is 3.32. The standard InChI is InChI=1S/C15H30N2/c1-11(2)10-17(12-5-6-12)14-9-15(3,4)8-7-13(14)16/h11-14H,5-10,16H2,1-4H3. The zero-order chi connectivity index (χ0) is 12.6. The first-order chi connectivity index (χ1) is 7.89. The second-order valence-corrected chi connectivity index (χ2v) is 7.46. The van der Waals surface area contributed by atoms with E-state index in [-0.39, 0.29) is 0 Å². The molecule has 100 valence electrons. The number of hydrogen-bond acceptors (Lipinski definition) is 2. The Bertz CT molecular complexity index is 256. The Hall–Kier alpha value is -0.0800. The van der Waals surface area contributed by atoms with Crippen LogP contribution in [0.25, 0.3) is 0 Å². The van der Waals surface area contributed by atoms with E-state index < -0.39 is 0 Å². The van der Waals surface area contributed by atoms with Crippen molar-refractivity contribution in [2.45, 2.75) is 77.9 Å². The van der Waals surface area contributed by atoms with Gasteiger partial charge in [-0.05, 0) is 43.4 Å². The minimum Gasteiger partial charge on any atom is -0.326 e. The third-order valence-electron chi connectivity index (χ3n) is 4.43. The molecule has 0 spiro atoms. The van der Waals surface area contributed by atoms with Crippen LogP contribution in [0.5, 0.6) is 0 Å². The molecule has 0 aromatic rings. The van der Waals surface area contributed by atoms with Crippen LogP contribution in [-0.2, 0) is 0 Å². The first kappa shape index (κ1) is 13.4. The first-order valence-corrected chi connectivity index (χ1v) is 7.40. The predicted molar refractivity (Wildman–Crippen MR) is 74.0 cm³/mol. The van der Waals surface area contributed by atoms with Crippen molar-refractivity contribution in [2.24, 2.45) is 17.1 Å². The van der Waals surface area contributed by atoms with Gasteiger partial charge in [-0.15, -0.1) is 0 Å². The lowest BCUT2D eigenvalue weighted by Crippen LogP contribution is -2.54. The van der Waals surface area contributed by atoms with E-state index in [4.69, 9.17) is 5.73 Å². The number of hydrogen-bond donors (Lipinski definition) is 1.